The third-order valence-electron chi connectivity index (χ3n) is 3.37. The molecule has 2 N–H and O–H groups in total. The molecular formula is C12H21NO4S. The van der Waals surface area contributed by atoms with Crippen molar-refractivity contribution in [2.24, 2.45) is 11.8 Å². The Morgan fingerprint density at radius 1 is 1.28 bits per heavy atom. The van der Waals surface area contributed by atoms with Crippen LogP contribution >= 0.6 is 0 Å². The average molecular weight is 275 g/mol. The Hall–Kier alpha value is -0.910. The fourth-order valence-electron chi connectivity index (χ4n) is 2.30. The number of hydrogen-bond acceptors (Lipinski definition) is 3. The van der Waals surface area contributed by atoms with E-state index >= 15 is 0 Å². The third-order valence-corrected chi connectivity index (χ3v) is 4.67. The van der Waals surface area contributed by atoms with Crippen molar-refractivity contribution in [3.05, 3.63) is 0 Å². The molecule has 1 fully saturated rings. The summed E-state index contributed by atoms with van der Waals surface area (Å²) in [5.41, 5.74) is 0. The topological polar surface area (TPSA) is 83.5 Å². The molecule has 3 atom stereocenters. The second-order valence-corrected chi connectivity index (χ2v) is 6.42. The highest BCUT2D eigenvalue weighted by Crippen LogP contribution is 2.30. The molecule has 5 nitrogen and oxygen atoms in total. The summed E-state index contributed by atoms with van der Waals surface area (Å²) in [6.07, 6.45) is 3.00. The van der Waals surface area contributed by atoms with Gasteiger partial charge in [0.25, 0.3) is 0 Å². The Bertz CT molecular complexity index is 332. The highest BCUT2D eigenvalue weighted by Gasteiger charge is 2.35. The van der Waals surface area contributed by atoms with Crippen molar-refractivity contribution in [3.8, 4) is 0 Å². The van der Waals surface area contributed by atoms with Gasteiger partial charge in [-0.1, -0.05) is 19.8 Å². The van der Waals surface area contributed by atoms with Crippen LogP contribution in [-0.4, -0.2) is 39.2 Å². The first-order chi connectivity index (χ1) is 8.56. The Kier molecular flexibility index (Phi) is 6.32. The first-order valence-electron chi connectivity index (χ1n) is 6.41. The minimum atomic E-state index is -0.897. The molecule has 0 aliphatic heterocycles. The lowest BCUT2D eigenvalue weighted by Gasteiger charge is -2.27. The summed E-state index contributed by atoms with van der Waals surface area (Å²) in [5, 5.41) is 11.8. The van der Waals surface area contributed by atoms with Crippen LogP contribution in [0.5, 0.6) is 0 Å². The maximum absolute atomic E-state index is 11.9. The summed E-state index contributed by atoms with van der Waals surface area (Å²) in [4.78, 5) is 23.0. The highest BCUT2D eigenvalue weighted by molar-refractivity contribution is 7.84. The van der Waals surface area contributed by atoms with Gasteiger partial charge in [0.05, 0.1) is 11.8 Å². The lowest BCUT2D eigenvalue weighted by molar-refractivity contribution is -0.148. The van der Waals surface area contributed by atoms with Crippen LogP contribution in [0.1, 0.15) is 32.6 Å². The second kappa shape index (κ2) is 7.51. The minimum absolute atomic E-state index is 0.199. The predicted molar refractivity (Wildman–Crippen MR) is 69.6 cm³/mol. The van der Waals surface area contributed by atoms with Crippen molar-refractivity contribution >= 4 is 22.7 Å². The molecule has 1 saturated carbocycles. The Morgan fingerprint density at radius 3 is 2.44 bits per heavy atom. The van der Waals surface area contributed by atoms with Gasteiger partial charge in [0, 0.05) is 28.9 Å². The van der Waals surface area contributed by atoms with Gasteiger partial charge in [-0.2, -0.15) is 0 Å². The van der Waals surface area contributed by atoms with Crippen LogP contribution < -0.4 is 5.32 Å². The summed E-state index contributed by atoms with van der Waals surface area (Å²) >= 11 is 0. The van der Waals surface area contributed by atoms with Crippen LogP contribution in [0.2, 0.25) is 0 Å². The number of rotatable bonds is 6. The zero-order valence-electron chi connectivity index (χ0n) is 10.7. The van der Waals surface area contributed by atoms with Crippen LogP contribution in [-0.2, 0) is 20.4 Å². The van der Waals surface area contributed by atoms with Crippen molar-refractivity contribution in [2.45, 2.75) is 32.6 Å². The van der Waals surface area contributed by atoms with Gasteiger partial charge in [0.15, 0.2) is 0 Å². The zero-order valence-corrected chi connectivity index (χ0v) is 11.5. The molecule has 0 aromatic carbocycles. The number of carboxylic acids is 1. The number of amides is 1. The van der Waals surface area contributed by atoms with Gasteiger partial charge in [0.1, 0.15) is 0 Å². The van der Waals surface area contributed by atoms with E-state index in [1.165, 1.54) is 0 Å². The van der Waals surface area contributed by atoms with E-state index in [2.05, 4.69) is 5.32 Å². The van der Waals surface area contributed by atoms with Crippen molar-refractivity contribution in [1.29, 1.82) is 0 Å². The first-order valence-corrected chi connectivity index (χ1v) is 7.90. The molecule has 104 valence electrons. The van der Waals surface area contributed by atoms with Gasteiger partial charge < -0.3 is 10.4 Å². The van der Waals surface area contributed by atoms with E-state index in [9.17, 15) is 13.8 Å². The Morgan fingerprint density at radius 2 is 1.89 bits per heavy atom. The smallest absolute Gasteiger partial charge is 0.307 e. The molecule has 0 saturated heterocycles. The molecule has 1 amide bonds. The van der Waals surface area contributed by atoms with Crippen LogP contribution in [0.15, 0.2) is 0 Å². The fraction of sp³-hybridized carbons (Fsp3) is 0.833. The maximum atomic E-state index is 11.9. The normalized spacial score (nSPS) is 25.4. The fourth-order valence-corrected chi connectivity index (χ4v) is 2.92. The molecule has 1 aliphatic carbocycles. The molecule has 0 radical (unpaired) electrons. The number of carboxylic acid groups (broad SMARTS) is 1. The molecular weight excluding hydrogens is 254 g/mol. The predicted octanol–water partition coefficient (Wildman–Crippen LogP) is 0.762. The molecule has 0 spiro atoms. The van der Waals surface area contributed by atoms with Gasteiger partial charge in [-0.15, -0.1) is 0 Å². The van der Waals surface area contributed by atoms with Gasteiger partial charge in [-0.25, -0.2) is 0 Å². The summed E-state index contributed by atoms with van der Waals surface area (Å²) in [6.45, 7) is 2.20. The summed E-state index contributed by atoms with van der Waals surface area (Å²) < 4.78 is 11.2. The zero-order chi connectivity index (χ0) is 13.5. The van der Waals surface area contributed by atoms with Crippen molar-refractivity contribution in [2.75, 3.05) is 18.1 Å². The molecule has 1 rings (SSSR count). The van der Waals surface area contributed by atoms with Crippen molar-refractivity contribution in [3.63, 3.8) is 0 Å². The molecule has 1 aliphatic rings. The number of carbonyl (C=O) groups is 2. The van der Waals surface area contributed by atoms with Crippen molar-refractivity contribution in [1.82, 2.24) is 5.32 Å². The summed E-state index contributed by atoms with van der Waals surface area (Å²) in [7, 11) is -0.897. The Balaban J connectivity index is 2.43. The number of nitrogens with one attached hydrogen (secondary N) is 1. The van der Waals surface area contributed by atoms with Gasteiger partial charge in [-0.3, -0.25) is 13.8 Å². The van der Waals surface area contributed by atoms with Crippen LogP contribution in [0.25, 0.3) is 0 Å². The van der Waals surface area contributed by atoms with Gasteiger partial charge >= 0.3 is 5.97 Å². The lowest BCUT2D eigenvalue weighted by atomic mass is 9.79. The molecule has 0 aromatic heterocycles. The molecule has 18 heavy (non-hydrogen) atoms. The molecule has 6 heteroatoms. The van der Waals surface area contributed by atoms with E-state index < -0.39 is 28.6 Å². The van der Waals surface area contributed by atoms with Crippen LogP contribution in [0.4, 0.5) is 0 Å². The molecule has 0 aromatic rings. The number of carbonyl (C=O) groups excluding carboxylic acids is 1. The van der Waals surface area contributed by atoms with E-state index in [1.807, 2.05) is 6.92 Å². The van der Waals surface area contributed by atoms with Crippen molar-refractivity contribution < 1.29 is 18.9 Å². The van der Waals surface area contributed by atoms with E-state index in [0.717, 1.165) is 12.8 Å². The largest absolute Gasteiger partial charge is 0.481 e. The van der Waals surface area contributed by atoms with E-state index in [1.54, 1.807) is 0 Å². The highest BCUT2D eigenvalue weighted by atomic mass is 32.2. The van der Waals surface area contributed by atoms with Crippen LogP contribution in [0, 0.1) is 11.8 Å². The number of hydrogen-bond donors (Lipinski definition) is 2. The van der Waals surface area contributed by atoms with Crippen LogP contribution in [0.3, 0.4) is 0 Å². The molecule has 0 heterocycles. The van der Waals surface area contributed by atoms with E-state index in [0.29, 0.717) is 30.9 Å². The van der Waals surface area contributed by atoms with E-state index in [4.69, 9.17) is 5.11 Å². The first kappa shape index (κ1) is 15.1. The molecule has 1 unspecified atom stereocenters. The van der Waals surface area contributed by atoms with Gasteiger partial charge in [-0.05, 0) is 12.8 Å². The summed E-state index contributed by atoms with van der Waals surface area (Å²) in [6, 6.07) is 0. The van der Waals surface area contributed by atoms with E-state index in [-0.39, 0.29) is 5.91 Å². The standard InChI is InChI=1S/C12H21NO4S/c1-2-18(17)8-7-13-11(14)9-5-3-4-6-10(9)12(15)16/h9-10H,2-8H2,1H3,(H,13,14)(H,15,16)/t9-,10+,18?/m1/s1. The minimum Gasteiger partial charge on any atom is -0.481 e. The quantitative estimate of drug-likeness (QED) is 0.749. The maximum Gasteiger partial charge on any atom is 0.307 e. The average Bonchev–Trinajstić information content (AvgIpc) is 2.38. The SMILES string of the molecule is CCS(=O)CCNC(=O)[C@@H]1CCCC[C@@H]1C(=O)O. The summed E-state index contributed by atoms with van der Waals surface area (Å²) in [5.74, 6) is -1.05. The third kappa shape index (κ3) is 4.40. The number of aliphatic carboxylic acids is 1. The van der Waals surface area contributed by atoms with Gasteiger partial charge in [0.2, 0.25) is 5.91 Å². The molecule has 0 bridgehead atoms. The monoisotopic (exact) mass is 275 g/mol. The Labute approximate surface area is 110 Å². The lowest BCUT2D eigenvalue weighted by Crippen LogP contribution is -2.41. The second-order valence-electron chi connectivity index (χ2n) is 4.56.